The zero-order valence-corrected chi connectivity index (χ0v) is 14.3. The second-order valence-electron chi connectivity index (χ2n) is 6.04. The van der Waals surface area contributed by atoms with Gasteiger partial charge in [0, 0.05) is 17.0 Å². The molecular formula is C20H15N3O3. The molecule has 2 aromatic heterocycles. The summed E-state index contributed by atoms with van der Waals surface area (Å²) in [6.07, 6.45) is 1.09. The van der Waals surface area contributed by atoms with E-state index < -0.39 is 12.1 Å². The van der Waals surface area contributed by atoms with Crippen molar-refractivity contribution in [1.82, 2.24) is 9.55 Å². The maximum Gasteiger partial charge on any atom is 0.356 e. The molecule has 0 saturated carbocycles. The van der Waals surface area contributed by atoms with Crippen molar-refractivity contribution < 1.29 is 14.3 Å². The van der Waals surface area contributed by atoms with Crippen LogP contribution in [-0.4, -0.2) is 22.6 Å². The van der Waals surface area contributed by atoms with Gasteiger partial charge in [-0.2, -0.15) is 5.26 Å². The third kappa shape index (κ3) is 2.18. The number of ether oxygens (including phenoxy) is 2. The molecule has 0 N–H and O–H groups in total. The van der Waals surface area contributed by atoms with E-state index in [1.54, 1.807) is 6.07 Å². The Morgan fingerprint density at radius 3 is 2.88 bits per heavy atom. The quantitative estimate of drug-likeness (QED) is 0.519. The number of para-hydroxylation sites is 1. The number of esters is 1. The van der Waals surface area contributed by atoms with Crippen molar-refractivity contribution in [1.29, 1.82) is 5.26 Å². The number of benzene rings is 1. The van der Waals surface area contributed by atoms with Gasteiger partial charge in [0.2, 0.25) is 0 Å². The molecule has 0 amide bonds. The van der Waals surface area contributed by atoms with E-state index in [-0.39, 0.29) is 11.3 Å². The van der Waals surface area contributed by atoms with E-state index in [2.05, 4.69) is 11.6 Å². The van der Waals surface area contributed by atoms with Crippen LogP contribution in [0.3, 0.4) is 0 Å². The number of carbonyl (C=O) groups is 1. The number of hydrogen-bond donors (Lipinski definition) is 0. The molecule has 0 bridgehead atoms. The van der Waals surface area contributed by atoms with Gasteiger partial charge in [-0.3, -0.25) is 0 Å². The first-order valence-corrected chi connectivity index (χ1v) is 8.01. The zero-order valence-electron chi connectivity index (χ0n) is 14.3. The SMILES string of the molecule is C=C(C#N)C1OC(C)=Cn2c3ccccc3c3cc(C(=O)OC)nc1c32. The van der Waals surface area contributed by atoms with Crippen molar-refractivity contribution in [3.05, 3.63) is 59.6 Å². The Labute approximate surface area is 149 Å². The van der Waals surface area contributed by atoms with E-state index in [0.29, 0.717) is 11.5 Å². The molecule has 128 valence electrons. The number of allylic oxidation sites excluding steroid dienone is 1. The fraction of sp³-hybridized carbons (Fsp3) is 0.150. The van der Waals surface area contributed by atoms with Gasteiger partial charge in [0.1, 0.15) is 17.1 Å². The lowest BCUT2D eigenvalue weighted by molar-refractivity contribution is 0.0593. The molecule has 3 heterocycles. The second-order valence-corrected chi connectivity index (χ2v) is 6.04. The summed E-state index contributed by atoms with van der Waals surface area (Å²) in [5, 5.41) is 11.2. The lowest BCUT2D eigenvalue weighted by Crippen LogP contribution is -2.12. The summed E-state index contributed by atoms with van der Waals surface area (Å²) in [6.45, 7) is 5.61. The number of methoxy groups -OCH3 is 1. The van der Waals surface area contributed by atoms with Gasteiger partial charge in [0.25, 0.3) is 0 Å². The molecule has 0 fully saturated rings. The van der Waals surface area contributed by atoms with Crippen LogP contribution in [-0.2, 0) is 9.47 Å². The minimum atomic E-state index is -0.770. The Bertz CT molecular complexity index is 1160. The van der Waals surface area contributed by atoms with Crippen molar-refractivity contribution in [2.45, 2.75) is 13.0 Å². The number of hydrogen-bond acceptors (Lipinski definition) is 5. The first kappa shape index (κ1) is 15.9. The van der Waals surface area contributed by atoms with Crippen LogP contribution in [0, 0.1) is 11.3 Å². The molecular weight excluding hydrogens is 330 g/mol. The molecule has 1 unspecified atom stereocenters. The van der Waals surface area contributed by atoms with Crippen LogP contribution in [0.5, 0.6) is 0 Å². The fourth-order valence-corrected chi connectivity index (χ4v) is 3.32. The first-order valence-electron chi connectivity index (χ1n) is 8.01. The molecule has 0 spiro atoms. The Kier molecular flexibility index (Phi) is 3.51. The summed E-state index contributed by atoms with van der Waals surface area (Å²) >= 11 is 0. The zero-order chi connectivity index (χ0) is 18.4. The molecule has 0 aliphatic carbocycles. The maximum absolute atomic E-state index is 12.1. The first-order chi connectivity index (χ1) is 12.5. The predicted molar refractivity (Wildman–Crippen MR) is 97.1 cm³/mol. The lowest BCUT2D eigenvalue weighted by Gasteiger charge is -2.17. The molecule has 3 aromatic rings. The molecule has 26 heavy (non-hydrogen) atoms. The predicted octanol–water partition coefficient (Wildman–Crippen LogP) is 3.95. The van der Waals surface area contributed by atoms with Crippen molar-refractivity contribution in [3.63, 3.8) is 0 Å². The highest BCUT2D eigenvalue weighted by molar-refractivity contribution is 6.11. The topological polar surface area (TPSA) is 77.1 Å². The molecule has 4 rings (SSSR count). The number of rotatable bonds is 2. The van der Waals surface area contributed by atoms with E-state index in [4.69, 9.17) is 9.47 Å². The normalized spacial score (nSPS) is 15.7. The van der Waals surface area contributed by atoms with Crippen LogP contribution in [0.1, 0.15) is 29.2 Å². The minimum absolute atomic E-state index is 0.164. The van der Waals surface area contributed by atoms with Crippen LogP contribution in [0.2, 0.25) is 0 Å². The summed E-state index contributed by atoms with van der Waals surface area (Å²) in [4.78, 5) is 16.6. The number of carbonyl (C=O) groups excluding carboxylic acids is 1. The average Bonchev–Trinajstić information content (AvgIpc) is 2.88. The van der Waals surface area contributed by atoms with Crippen LogP contribution in [0.25, 0.3) is 28.0 Å². The highest BCUT2D eigenvalue weighted by atomic mass is 16.5. The summed E-state index contributed by atoms with van der Waals surface area (Å²) in [7, 11) is 1.31. The standard InChI is InChI=1S/C20H15N3O3/c1-11(9-21)19-17-18-14(8-15(22-17)20(24)25-3)13-6-4-5-7-16(13)23(18)10-12(2)26-19/h4-8,10,19H,1H2,2-3H3. The summed E-state index contributed by atoms with van der Waals surface area (Å²) in [6, 6.07) is 11.6. The van der Waals surface area contributed by atoms with Gasteiger partial charge in [0.05, 0.1) is 29.8 Å². The van der Waals surface area contributed by atoms with Crippen LogP contribution >= 0.6 is 0 Å². The molecule has 6 nitrogen and oxygen atoms in total. The second kappa shape index (κ2) is 5.74. The highest BCUT2D eigenvalue weighted by Crippen LogP contribution is 2.39. The fourth-order valence-electron chi connectivity index (χ4n) is 3.32. The van der Waals surface area contributed by atoms with Crippen LogP contribution in [0.4, 0.5) is 0 Å². The van der Waals surface area contributed by atoms with Crippen LogP contribution in [0.15, 0.2) is 48.2 Å². The highest BCUT2D eigenvalue weighted by Gasteiger charge is 2.29. The number of nitrogens with zero attached hydrogens (tertiary/aromatic N) is 3. The molecule has 1 aliphatic rings. The van der Waals surface area contributed by atoms with Gasteiger partial charge >= 0.3 is 5.97 Å². The van der Waals surface area contributed by atoms with Gasteiger partial charge in [-0.25, -0.2) is 9.78 Å². The van der Waals surface area contributed by atoms with Gasteiger partial charge in [-0.05, 0) is 19.1 Å². The lowest BCUT2D eigenvalue weighted by atomic mass is 10.0. The average molecular weight is 345 g/mol. The maximum atomic E-state index is 12.1. The number of fused-ring (bicyclic) bond motifs is 3. The third-order valence-corrected chi connectivity index (χ3v) is 4.43. The van der Waals surface area contributed by atoms with E-state index >= 15 is 0 Å². The number of pyridine rings is 1. The summed E-state index contributed by atoms with van der Waals surface area (Å²) in [5.74, 6) is 0.0712. The van der Waals surface area contributed by atoms with Crippen LogP contribution < -0.4 is 0 Å². The largest absolute Gasteiger partial charge is 0.482 e. The monoisotopic (exact) mass is 345 g/mol. The number of nitriles is 1. The minimum Gasteiger partial charge on any atom is -0.482 e. The Morgan fingerprint density at radius 1 is 1.38 bits per heavy atom. The van der Waals surface area contributed by atoms with E-state index in [1.807, 2.05) is 48.0 Å². The van der Waals surface area contributed by atoms with Crippen molar-refractivity contribution in [2.24, 2.45) is 0 Å². The van der Waals surface area contributed by atoms with Gasteiger partial charge in [-0.15, -0.1) is 0 Å². The number of aromatic nitrogens is 2. The summed E-state index contributed by atoms with van der Waals surface area (Å²) in [5.41, 5.74) is 2.60. The van der Waals surface area contributed by atoms with E-state index in [1.165, 1.54) is 7.11 Å². The molecule has 0 saturated heterocycles. The Morgan fingerprint density at radius 2 is 2.15 bits per heavy atom. The van der Waals surface area contributed by atoms with E-state index in [0.717, 1.165) is 21.8 Å². The summed E-state index contributed by atoms with van der Waals surface area (Å²) < 4.78 is 12.7. The van der Waals surface area contributed by atoms with Gasteiger partial charge < -0.3 is 14.0 Å². The van der Waals surface area contributed by atoms with Crippen molar-refractivity contribution in [2.75, 3.05) is 7.11 Å². The molecule has 6 heteroatoms. The third-order valence-electron chi connectivity index (χ3n) is 4.43. The molecule has 1 aliphatic heterocycles. The Hall–Kier alpha value is -3.59. The van der Waals surface area contributed by atoms with Gasteiger partial charge in [0.15, 0.2) is 6.10 Å². The van der Waals surface area contributed by atoms with Crippen molar-refractivity contribution >= 4 is 34.0 Å². The molecule has 1 aromatic carbocycles. The molecule has 0 radical (unpaired) electrons. The smallest absolute Gasteiger partial charge is 0.356 e. The van der Waals surface area contributed by atoms with Gasteiger partial charge in [-0.1, -0.05) is 24.8 Å². The Balaban J connectivity index is 2.20. The molecule has 1 atom stereocenters. The van der Waals surface area contributed by atoms with Crippen molar-refractivity contribution in [3.8, 4) is 6.07 Å². The van der Waals surface area contributed by atoms with E-state index in [9.17, 15) is 10.1 Å².